The van der Waals surface area contributed by atoms with Crippen LogP contribution in [-0.4, -0.2) is 63.0 Å². The van der Waals surface area contributed by atoms with Crippen LogP contribution < -0.4 is 15.5 Å². The first-order valence-electron chi connectivity index (χ1n) is 9.82. The summed E-state index contributed by atoms with van der Waals surface area (Å²) in [6.07, 6.45) is 0. The molecule has 0 unspecified atom stereocenters. The Kier molecular flexibility index (Phi) is 7.19. The van der Waals surface area contributed by atoms with Gasteiger partial charge in [-0.3, -0.25) is 9.59 Å². The predicted molar refractivity (Wildman–Crippen MR) is 110 cm³/mol. The molecule has 1 fully saturated rings. The monoisotopic (exact) mass is 402 g/mol. The molecule has 1 aliphatic rings. The first-order chi connectivity index (χ1) is 13.6. The lowest BCUT2D eigenvalue weighted by atomic mass is 10.0. The quantitative estimate of drug-likeness (QED) is 0.567. The fourth-order valence-corrected chi connectivity index (χ4v) is 4.42. The highest BCUT2D eigenvalue weighted by Gasteiger charge is 2.27. The number of nitrogens with two attached hydrogens (primary N) is 1. The summed E-state index contributed by atoms with van der Waals surface area (Å²) in [6.45, 7) is 6.08. The first kappa shape index (κ1) is 20.5. The number of likely N-dealkylation sites (N-methyl/N-ethyl adjacent to an activating group) is 1. The van der Waals surface area contributed by atoms with E-state index in [9.17, 15) is 9.59 Å². The topological polar surface area (TPSA) is 70.5 Å². The van der Waals surface area contributed by atoms with Crippen molar-refractivity contribution in [1.29, 1.82) is 0 Å². The summed E-state index contributed by atoms with van der Waals surface area (Å²) in [4.78, 5) is 28.7. The minimum atomic E-state index is 0.0556. The van der Waals surface area contributed by atoms with Crippen molar-refractivity contribution in [2.75, 3.05) is 46.3 Å². The van der Waals surface area contributed by atoms with Crippen LogP contribution in [-0.2, 0) is 9.59 Å². The molecule has 1 saturated heterocycles. The number of quaternary nitrogens is 2. The van der Waals surface area contributed by atoms with Crippen molar-refractivity contribution >= 4 is 23.2 Å². The fourth-order valence-electron chi connectivity index (χ4n) is 3.57. The summed E-state index contributed by atoms with van der Waals surface area (Å²) < 4.78 is 0. The van der Waals surface area contributed by atoms with Crippen LogP contribution in [0.25, 0.3) is 0 Å². The third-order valence-corrected chi connectivity index (χ3v) is 6.28. The maximum absolute atomic E-state index is 12.8. The minimum Gasteiger partial charge on any atom is -0.354 e. The summed E-state index contributed by atoms with van der Waals surface area (Å²) in [5, 5.41) is 6.89. The first-order valence-corrected chi connectivity index (χ1v) is 10.7. The number of benzene rings is 1. The van der Waals surface area contributed by atoms with Crippen LogP contribution in [0.4, 0.5) is 0 Å². The second-order valence-corrected chi connectivity index (χ2v) is 8.30. The second kappa shape index (κ2) is 9.82. The Morgan fingerprint density at radius 2 is 1.93 bits per heavy atom. The van der Waals surface area contributed by atoms with E-state index in [0.29, 0.717) is 26.2 Å². The fraction of sp³-hybridized carbons (Fsp3) is 0.429. The summed E-state index contributed by atoms with van der Waals surface area (Å²) in [6, 6.07) is 12.9. The number of hydrogen-bond acceptors (Lipinski definition) is 3. The lowest BCUT2D eigenvalue weighted by molar-refractivity contribution is -0.896. The van der Waals surface area contributed by atoms with Gasteiger partial charge in [0.25, 0.3) is 11.8 Å². The third-order valence-electron chi connectivity index (χ3n) is 5.33. The molecule has 0 bridgehead atoms. The predicted octanol–water partition coefficient (Wildman–Crippen LogP) is -0.818. The zero-order valence-corrected chi connectivity index (χ0v) is 17.4. The van der Waals surface area contributed by atoms with Gasteiger partial charge in [-0.25, -0.2) is 0 Å². The zero-order valence-electron chi connectivity index (χ0n) is 16.6. The van der Waals surface area contributed by atoms with E-state index < -0.39 is 0 Å². The second-order valence-electron chi connectivity index (χ2n) is 7.32. The minimum absolute atomic E-state index is 0.0556. The van der Waals surface area contributed by atoms with E-state index >= 15 is 0 Å². The van der Waals surface area contributed by atoms with Crippen molar-refractivity contribution in [3.8, 4) is 0 Å². The van der Waals surface area contributed by atoms with E-state index in [1.54, 1.807) is 18.4 Å². The van der Waals surface area contributed by atoms with Crippen LogP contribution in [0.2, 0.25) is 0 Å². The van der Waals surface area contributed by atoms with Crippen LogP contribution in [0.5, 0.6) is 0 Å². The zero-order chi connectivity index (χ0) is 19.9. The molecular weight excluding hydrogens is 372 g/mol. The van der Waals surface area contributed by atoms with Gasteiger partial charge in [-0.05, 0) is 18.4 Å². The van der Waals surface area contributed by atoms with Crippen molar-refractivity contribution in [1.82, 2.24) is 10.2 Å². The van der Waals surface area contributed by atoms with E-state index in [4.69, 9.17) is 0 Å². The van der Waals surface area contributed by atoms with Gasteiger partial charge >= 0.3 is 0 Å². The van der Waals surface area contributed by atoms with Gasteiger partial charge in [-0.1, -0.05) is 35.9 Å². The van der Waals surface area contributed by atoms with Gasteiger partial charge in [0, 0.05) is 12.6 Å². The van der Waals surface area contributed by atoms with Crippen molar-refractivity contribution in [2.24, 2.45) is 0 Å². The Hall–Kier alpha value is -2.22. The lowest BCUT2D eigenvalue weighted by Gasteiger charge is -2.31. The lowest BCUT2D eigenvalue weighted by Crippen LogP contribution is -3.16. The van der Waals surface area contributed by atoms with Gasteiger partial charge in [0.15, 0.2) is 13.1 Å². The van der Waals surface area contributed by atoms with Crippen LogP contribution in [0.3, 0.4) is 0 Å². The molecule has 1 aromatic heterocycles. The van der Waals surface area contributed by atoms with Crippen LogP contribution in [0.1, 0.15) is 22.0 Å². The molecule has 2 amide bonds. The molecule has 150 valence electrons. The summed E-state index contributed by atoms with van der Waals surface area (Å²) >= 11 is 1.73. The number of thiophene rings is 1. The highest BCUT2D eigenvalue weighted by Crippen LogP contribution is 2.22. The maximum atomic E-state index is 12.8. The smallest absolute Gasteiger partial charge is 0.278 e. The molecule has 3 rings (SSSR count). The normalized spacial score (nSPS) is 16.0. The molecule has 0 saturated carbocycles. The molecule has 6 nitrogen and oxygen atoms in total. The molecular formula is C21H30N4O2S+2. The van der Waals surface area contributed by atoms with E-state index in [1.807, 2.05) is 4.90 Å². The Labute approximate surface area is 170 Å². The molecule has 1 aromatic carbocycles. The van der Waals surface area contributed by atoms with Crippen molar-refractivity contribution in [3.05, 3.63) is 57.8 Å². The number of hydrogen-bond donors (Lipinski definition) is 3. The van der Waals surface area contributed by atoms with Gasteiger partial charge in [-0.15, -0.1) is 11.3 Å². The Bertz CT molecular complexity index is 768. The number of amides is 2. The SMILES string of the molecule is CNC(=O)C[NH+]1CCN(C(=O)C[NH2+][C@@H](c2ccc(C)cc2)c2cccs2)CC1. The molecule has 4 N–H and O–H groups in total. The third kappa shape index (κ3) is 5.41. The number of piperazine rings is 1. The van der Waals surface area contributed by atoms with Gasteiger partial charge < -0.3 is 20.4 Å². The van der Waals surface area contributed by atoms with Crippen molar-refractivity contribution in [3.63, 3.8) is 0 Å². The highest BCUT2D eigenvalue weighted by atomic mass is 32.1. The van der Waals surface area contributed by atoms with Crippen LogP contribution in [0.15, 0.2) is 41.8 Å². The number of carbonyl (C=O) groups is 2. The molecule has 0 radical (unpaired) electrons. The molecule has 1 aliphatic heterocycles. The molecule has 7 heteroatoms. The van der Waals surface area contributed by atoms with Gasteiger partial charge in [0.1, 0.15) is 6.04 Å². The molecule has 1 atom stereocenters. The van der Waals surface area contributed by atoms with Gasteiger partial charge in [0.2, 0.25) is 0 Å². The van der Waals surface area contributed by atoms with Gasteiger partial charge in [0.05, 0.1) is 31.1 Å². The highest BCUT2D eigenvalue weighted by molar-refractivity contribution is 7.10. The maximum Gasteiger partial charge on any atom is 0.278 e. The Morgan fingerprint density at radius 1 is 1.21 bits per heavy atom. The van der Waals surface area contributed by atoms with Crippen molar-refractivity contribution in [2.45, 2.75) is 13.0 Å². The van der Waals surface area contributed by atoms with Gasteiger partial charge in [-0.2, -0.15) is 0 Å². The van der Waals surface area contributed by atoms with E-state index in [2.05, 4.69) is 59.3 Å². The average molecular weight is 403 g/mol. The standard InChI is InChI=1S/C21H28N4O2S/c1-16-5-7-17(8-6-16)21(18-4-3-13-28-18)23-14-20(27)25-11-9-24(10-12-25)15-19(26)22-2/h3-8,13,21,23H,9-12,14-15H2,1-2H3,(H,22,26)/p+2/t21-/m0/s1. The largest absolute Gasteiger partial charge is 0.354 e. The summed E-state index contributed by atoms with van der Waals surface area (Å²) in [5.74, 6) is 0.229. The van der Waals surface area contributed by atoms with Crippen molar-refractivity contribution < 1.29 is 19.8 Å². The summed E-state index contributed by atoms with van der Waals surface area (Å²) in [5.41, 5.74) is 2.46. The molecule has 0 aliphatic carbocycles. The van der Waals surface area contributed by atoms with Crippen LogP contribution in [0, 0.1) is 6.92 Å². The molecule has 28 heavy (non-hydrogen) atoms. The van der Waals surface area contributed by atoms with E-state index in [0.717, 1.165) is 13.1 Å². The average Bonchev–Trinajstić information content (AvgIpc) is 3.24. The Morgan fingerprint density at radius 3 is 2.54 bits per heavy atom. The molecule has 2 heterocycles. The number of rotatable bonds is 7. The van der Waals surface area contributed by atoms with E-state index in [1.165, 1.54) is 20.9 Å². The number of nitrogens with zero attached hydrogens (tertiary/aromatic N) is 1. The Balaban J connectivity index is 1.56. The molecule has 2 aromatic rings. The molecule has 0 spiro atoms. The summed E-state index contributed by atoms with van der Waals surface area (Å²) in [7, 11) is 1.66. The van der Waals surface area contributed by atoms with Crippen LogP contribution >= 0.6 is 11.3 Å². The number of aryl methyl sites for hydroxylation is 1. The van der Waals surface area contributed by atoms with E-state index in [-0.39, 0.29) is 17.9 Å². The number of carbonyl (C=O) groups excluding carboxylic acids is 2. The number of nitrogens with one attached hydrogen (secondary N) is 2.